The van der Waals surface area contributed by atoms with Crippen molar-refractivity contribution < 1.29 is 19.1 Å². The van der Waals surface area contributed by atoms with Crippen molar-refractivity contribution in [2.45, 2.75) is 13.0 Å². The van der Waals surface area contributed by atoms with Crippen molar-refractivity contribution in [3.63, 3.8) is 0 Å². The van der Waals surface area contributed by atoms with Crippen LogP contribution in [0.3, 0.4) is 0 Å². The maximum Gasteiger partial charge on any atom is 0.367 e. The zero-order valence-electron chi connectivity index (χ0n) is 7.24. The van der Waals surface area contributed by atoms with E-state index in [-0.39, 0.29) is 18.0 Å². The summed E-state index contributed by atoms with van der Waals surface area (Å²) >= 11 is 1.09. The second-order valence-corrected chi connectivity index (χ2v) is 3.63. The molecule has 0 spiro atoms. The van der Waals surface area contributed by atoms with Gasteiger partial charge in [-0.25, -0.2) is 9.59 Å². The van der Waals surface area contributed by atoms with E-state index in [1.165, 1.54) is 0 Å². The van der Waals surface area contributed by atoms with Gasteiger partial charge in [0.05, 0.1) is 0 Å². The van der Waals surface area contributed by atoms with Crippen molar-refractivity contribution in [1.29, 1.82) is 0 Å². The Balaban J connectivity index is 2.23. The van der Waals surface area contributed by atoms with E-state index in [2.05, 4.69) is 6.58 Å². The maximum atomic E-state index is 10.9. The molecule has 0 aromatic carbocycles. The molecule has 1 unspecified atom stereocenters. The fourth-order valence-corrected chi connectivity index (χ4v) is 1.43. The van der Waals surface area contributed by atoms with E-state index in [9.17, 15) is 9.59 Å². The normalized spacial score (nSPS) is 21.0. The zero-order valence-corrected chi connectivity index (χ0v) is 8.06. The molecule has 0 aliphatic carbocycles. The van der Waals surface area contributed by atoms with Gasteiger partial charge in [0.25, 0.3) is 0 Å². The third kappa shape index (κ3) is 3.10. The Morgan fingerprint density at radius 2 is 2.54 bits per heavy atom. The van der Waals surface area contributed by atoms with Crippen LogP contribution in [-0.4, -0.2) is 29.7 Å². The summed E-state index contributed by atoms with van der Waals surface area (Å²) in [7, 11) is 0. The number of rotatable bonds is 3. The van der Waals surface area contributed by atoms with E-state index in [0.717, 1.165) is 11.8 Å². The molecule has 1 aliphatic heterocycles. The van der Waals surface area contributed by atoms with Gasteiger partial charge in [0, 0.05) is 11.3 Å². The molecule has 0 aromatic rings. The Bertz CT molecular complexity index is 249. The van der Waals surface area contributed by atoms with E-state index in [1.807, 2.05) is 0 Å². The number of carbonyl (C=O) groups excluding carboxylic acids is 2. The van der Waals surface area contributed by atoms with Crippen LogP contribution in [0.4, 0.5) is 4.79 Å². The van der Waals surface area contributed by atoms with E-state index < -0.39 is 5.97 Å². The molecule has 0 radical (unpaired) electrons. The SMILES string of the molecule is C=C(C)C(=O)OCC1CSC(=O)O1. The molecule has 72 valence electrons. The number of carbonyl (C=O) groups is 2. The van der Waals surface area contributed by atoms with Crippen LogP contribution >= 0.6 is 11.8 Å². The molecule has 1 saturated heterocycles. The number of hydrogen-bond acceptors (Lipinski definition) is 5. The summed E-state index contributed by atoms with van der Waals surface area (Å²) in [6.45, 7) is 5.11. The molecule has 0 saturated carbocycles. The minimum atomic E-state index is -0.451. The number of esters is 1. The van der Waals surface area contributed by atoms with E-state index in [0.29, 0.717) is 11.3 Å². The largest absolute Gasteiger partial charge is 0.458 e. The number of thioether (sulfide) groups is 1. The molecular formula is C8H10O4S. The smallest absolute Gasteiger partial charge is 0.367 e. The first-order chi connectivity index (χ1) is 6.09. The summed E-state index contributed by atoms with van der Waals surface area (Å²) in [5.74, 6) is 0.0930. The minimum Gasteiger partial charge on any atom is -0.458 e. The van der Waals surface area contributed by atoms with E-state index in [1.54, 1.807) is 6.92 Å². The molecule has 0 aromatic heterocycles. The lowest BCUT2D eigenvalue weighted by molar-refractivity contribution is -0.141. The highest BCUT2D eigenvalue weighted by molar-refractivity contribution is 8.13. The van der Waals surface area contributed by atoms with Gasteiger partial charge in [0.1, 0.15) is 12.7 Å². The number of ether oxygens (including phenoxy) is 2. The molecule has 13 heavy (non-hydrogen) atoms. The molecule has 1 heterocycles. The predicted molar refractivity (Wildman–Crippen MR) is 48.5 cm³/mol. The van der Waals surface area contributed by atoms with Gasteiger partial charge in [0.2, 0.25) is 0 Å². The number of cyclic esters (lactones) is 1. The summed E-state index contributed by atoms with van der Waals surface area (Å²) in [6.07, 6.45) is -0.305. The van der Waals surface area contributed by atoms with Gasteiger partial charge in [0.15, 0.2) is 0 Å². The monoisotopic (exact) mass is 202 g/mol. The van der Waals surface area contributed by atoms with Crippen LogP contribution in [0.2, 0.25) is 0 Å². The first-order valence-corrected chi connectivity index (χ1v) is 4.74. The van der Waals surface area contributed by atoms with Crippen molar-refractivity contribution in [2.75, 3.05) is 12.4 Å². The second-order valence-electron chi connectivity index (χ2n) is 2.68. The van der Waals surface area contributed by atoms with Crippen LogP contribution in [0.25, 0.3) is 0 Å². The molecule has 1 fully saturated rings. The summed E-state index contributed by atoms with van der Waals surface area (Å²) in [5, 5.41) is -0.309. The van der Waals surface area contributed by atoms with Gasteiger partial charge in [-0.3, -0.25) is 0 Å². The molecule has 1 atom stereocenters. The van der Waals surface area contributed by atoms with Crippen molar-refractivity contribution >= 4 is 23.0 Å². The maximum absolute atomic E-state index is 10.9. The molecule has 0 bridgehead atoms. The first-order valence-electron chi connectivity index (χ1n) is 3.75. The molecule has 0 N–H and O–H groups in total. The van der Waals surface area contributed by atoms with Gasteiger partial charge < -0.3 is 9.47 Å². The average molecular weight is 202 g/mol. The predicted octanol–water partition coefficient (Wildman–Crippen LogP) is 1.36. The molecule has 1 aliphatic rings. The van der Waals surface area contributed by atoms with Gasteiger partial charge in [-0.2, -0.15) is 0 Å². The number of hydrogen-bond donors (Lipinski definition) is 0. The Morgan fingerprint density at radius 3 is 3.00 bits per heavy atom. The Hall–Kier alpha value is -0.970. The third-order valence-corrected chi connectivity index (χ3v) is 2.27. The Morgan fingerprint density at radius 1 is 1.85 bits per heavy atom. The van der Waals surface area contributed by atoms with Gasteiger partial charge in [-0.05, 0) is 18.7 Å². The fourth-order valence-electron chi connectivity index (χ4n) is 0.739. The fraction of sp³-hybridized carbons (Fsp3) is 0.500. The van der Waals surface area contributed by atoms with Crippen molar-refractivity contribution in [3.8, 4) is 0 Å². The summed E-state index contributed by atoms with van der Waals surface area (Å²) in [6, 6.07) is 0. The van der Waals surface area contributed by atoms with Crippen LogP contribution in [-0.2, 0) is 14.3 Å². The third-order valence-electron chi connectivity index (χ3n) is 1.40. The highest BCUT2D eigenvalue weighted by atomic mass is 32.2. The first kappa shape index (κ1) is 10.1. The lowest BCUT2D eigenvalue weighted by Crippen LogP contribution is -2.20. The molecule has 5 heteroatoms. The lowest BCUT2D eigenvalue weighted by Gasteiger charge is -2.08. The molecule has 0 amide bonds. The topological polar surface area (TPSA) is 52.6 Å². The molecular weight excluding hydrogens is 192 g/mol. The summed E-state index contributed by atoms with van der Waals surface area (Å²) in [5.41, 5.74) is 0.344. The highest BCUT2D eigenvalue weighted by Crippen LogP contribution is 2.19. The van der Waals surface area contributed by atoms with Crippen molar-refractivity contribution in [1.82, 2.24) is 0 Å². The van der Waals surface area contributed by atoms with Crippen LogP contribution < -0.4 is 0 Å². The summed E-state index contributed by atoms with van der Waals surface area (Å²) < 4.78 is 9.62. The van der Waals surface area contributed by atoms with Gasteiger partial charge in [-0.1, -0.05) is 6.58 Å². The second kappa shape index (κ2) is 4.32. The van der Waals surface area contributed by atoms with Crippen LogP contribution in [0.15, 0.2) is 12.2 Å². The quantitative estimate of drug-likeness (QED) is 0.511. The average Bonchev–Trinajstić information content (AvgIpc) is 2.47. The lowest BCUT2D eigenvalue weighted by atomic mass is 10.3. The van der Waals surface area contributed by atoms with Gasteiger partial charge in [-0.15, -0.1) is 0 Å². The molecule has 1 rings (SSSR count). The molecule has 4 nitrogen and oxygen atoms in total. The highest BCUT2D eigenvalue weighted by Gasteiger charge is 2.25. The van der Waals surface area contributed by atoms with Crippen molar-refractivity contribution in [2.24, 2.45) is 0 Å². The van der Waals surface area contributed by atoms with E-state index in [4.69, 9.17) is 9.47 Å². The van der Waals surface area contributed by atoms with Crippen LogP contribution in [0.5, 0.6) is 0 Å². The van der Waals surface area contributed by atoms with Gasteiger partial charge >= 0.3 is 11.3 Å². The van der Waals surface area contributed by atoms with E-state index >= 15 is 0 Å². The Kier molecular flexibility index (Phi) is 3.36. The zero-order chi connectivity index (χ0) is 9.84. The minimum absolute atomic E-state index is 0.116. The summed E-state index contributed by atoms with van der Waals surface area (Å²) in [4.78, 5) is 21.5. The van der Waals surface area contributed by atoms with Crippen LogP contribution in [0.1, 0.15) is 6.92 Å². The van der Waals surface area contributed by atoms with Crippen molar-refractivity contribution in [3.05, 3.63) is 12.2 Å². The Labute approximate surface area is 80.3 Å². The van der Waals surface area contributed by atoms with Crippen LogP contribution in [0, 0.1) is 0 Å². The standard InChI is InChI=1S/C8H10O4S/c1-5(2)7(9)11-3-6-4-13-8(10)12-6/h6H,1,3-4H2,2H3.